The van der Waals surface area contributed by atoms with Crippen LogP contribution in [0.4, 0.5) is 0 Å². The van der Waals surface area contributed by atoms with Crippen LogP contribution in [0.25, 0.3) is 0 Å². The van der Waals surface area contributed by atoms with Crippen molar-refractivity contribution in [3.8, 4) is 0 Å². The Labute approximate surface area is 40.9 Å². The van der Waals surface area contributed by atoms with Crippen LogP contribution in [0.5, 0.6) is 0 Å². The van der Waals surface area contributed by atoms with Crippen molar-refractivity contribution < 1.29 is 0 Å². The predicted octanol–water partition coefficient (Wildman–Crippen LogP) is 1.34. The normalized spacial score (nSPS) is 25.8. The first-order valence-corrected chi connectivity index (χ1v) is 3.20. The molecule has 0 atom stereocenters. The molecular formula is C3H5ClS. The average Bonchev–Trinajstić information content (AvgIpc) is 1.30. The van der Waals surface area contributed by atoms with Gasteiger partial charge in [0.15, 0.2) is 0 Å². The van der Waals surface area contributed by atoms with E-state index < -0.39 is 0 Å². The van der Waals surface area contributed by atoms with Gasteiger partial charge in [0.2, 0.25) is 0 Å². The SMILES string of the molecule is ClC1CSC1. The van der Waals surface area contributed by atoms with Crippen LogP contribution in [0.2, 0.25) is 0 Å². The summed E-state index contributed by atoms with van der Waals surface area (Å²) in [5.74, 6) is 2.34. The summed E-state index contributed by atoms with van der Waals surface area (Å²) in [6, 6.07) is 0. The molecule has 1 saturated heterocycles. The van der Waals surface area contributed by atoms with Gasteiger partial charge in [-0.2, -0.15) is 11.8 Å². The van der Waals surface area contributed by atoms with Gasteiger partial charge < -0.3 is 0 Å². The fraction of sp³-hybridized carbons (Fsp3) is 1.00. The smallest absolute Gasteiger partial charge is 0.0516 e. The number of hydrogen-bond donors (Lipinski definition) is 0. The van der Waals surface area contributed by atoms with Crippen LogP contribution in [0.3, 0.4) is 0 Å². The van der Waals surface area contributed by atoms with Crippen LogP contribution in [-0.4, -0.2) is 16.9 Å². The van der Waals surface area contributed by atoms with Crippen LogP contribution in [0.15, 0.2) is 0 Å². The highest BCUT2D eigenvalue weighted by atomic mass is 35.5. The second-order valence-corrected chi connectivity index (χ2v) is 2.83. The molecule has 0 amide bonds. The Bertz CT molecular complexity index is 33.9. The summed E-state index contributed by atoms with van der Waals surface area (Å²) in [6.07, 6.45) is 0. The zero-order valence-electron chi connectivity index (χ0n) is 2.78. The molecule has 0 aromatic carbocycles. The first kappa shape index (κ1) is 3.82. The van der Waals surface area contributed by atoms with Gasteiger partial charge in [0.05, 0.1) is 5.38 Å². The lowest BCUT2D eigenvalue weighted by molar-refractivity contribution is 1.07. The van der Waals surface area contributed by atoms with E-state index in [0.717, 1.165) is 0 Å². The number of thioether (sulfide) groups is 1. The van der Waals surface area contributed by atoms with E-state index in [9.17, 15) is 0 Å². The second kappa shape index (κ2) is 1.39. The third kappa shape index (κ3) is 0.733. The van der Waals surface area contributed by atoms with Gasteiger partial charge in [-0.15, -0.1) is 11.6 Å². The summed E-state index contributed by atoms with van der Waals surface area (Å²) in [6.45, 7) is 0. The highest BCUT2D eigenvalue weighted by molar-refractivity contribution is 8.00. The highest BCUT2D eigenvalue weighted by Gasteiger charge is 2.12. The van der Waals surface area contributed by atoms with E-state index in [2.05, 4.69) is 0 Å². The van der Waals surface area contributed by atoms with Crippen molar-refractivity contribution in [2.24, 2.45) is 0 Å². The minimum atomic E-state index is 0.500. The Morgan fingerprint density at radius 3 is 2.00 bits per heavy atom. The maximum absolute atomic E-state index is 5.53. The summed E-state index contributed by atoms with van der Waals surface area (Å²) >= 11 is 7.44. The third-order valence-corrected chi connectivity index (χ3v) is 2.55. The standard InChI is InChI=1S/C3H5ClS/c4-3-1-5-2-3/h3H,1-2H2. The Morgan fingerprint density at radius 2 is 2.00 bits per heavy atom. The molecule has 30 valence electrons. The summed E-state index contributed by atoms with van der Waals surface area (Å²) in [5.41, 5.74) is 0. The quantitative estimate of drug-likeness (QED) is 0.422. The Kier molecular flexibility index (Phi) is 1.06. The first-order valence-electron chi connectivity index (χ1n) is 1.61. The van der Waals surface area contributed by atoms with Gasteiger partial charge >= 0.3 is 0 Å². The average molecular weight is 109 g/mol. The van der Waals surface area contributed by atoms with E-state index in [-0.39, 0.29) is 0 Å². The molecule has 5 heavy (non-hydrogen) atoms. The van der Waals surface area contributed by atoms with Crippen LogP contribution in [-0.2, 0) is 0 Å². The molecule has 1 aliphatic rings. The molecular weight excluding hydrogens is 104 g/mol. The van der Waals surface area contributed by atoms with Crippen molar-refractivity contribution in [3.05, 3.63) is 0 Å². The molecule has 1 fully saturated rings. The fourth-order valence-electron chi connectivity index (χ4n) is 0.207. The molecule has 0 aromatic rings. The van der Waals surface area contributed by atoms with Gasteiger partial charge in [-0.05, 0) is 0 Å². The predicted molar refractivity (Wildman–Crippen MR) is 27.0 cm³/mol. The summed E-state index contributed by atoms with van der Waals surface area (Å²) in [7, 11) is 0. The molecule has 1 heterocycles. The lowest BCUT2D eigenvalue weighted by Crippen LogP contribution is -2.16. The lowest BCUT2D eigenvalue weighted by atomic mass is 10.5. The molecule has 0 aliphatic carbocycles. The van der Waals surface area contributed by atoms with Crippen molar-refractivity contribution in [1.29, 1.82) is 0 Å². The number of hydrogen-bond acceptors (Lipinski definition) is 1. The van der Waals surface area contributed by atoms with Gasteiger partial charge in [0, 0.05) is 11.5 Å². The first-order chi connectivity index (χ1) is 2.39. The Balaban J connectivity index is 2.08. The largest absolute Gasteiger partial charge is 0.159 e. The maximum atomic E-state index is 5.53. The molecule has 0 N–H and O–H groups in total. The second-order valence-electron chi connectivity index (χ2n) is 1.13. The van der Waals surface area contributed by atoms with E-state index in [1.807, 2.05) is 11.8 Å². The summed E-state index contributed by atoms with van der Waals surface area (Å²) in [4.78, 5) is 0. The van der Waals surface area contributed by atoms with Gasteiger partial charge in [0.25, 0.3) is 0 Å². The van der Waals surface area contributed by atoms with Crippen molar-refractivity contribution in [1.82, 2.24) is 0 Å². The Hall–Kier alpha value is 0.640. The van der Waals surface area contributed by atoms with Gasteiger partial charge in [-0.25, -0.2) is 0 Å². The molecule has 2 heteroatoms. The topological polar surface area (TPSA) is 0 Å². The van der Waals surface area contributed by atoms with Crippen LogP contribution in [0, 0.1) is 0 Å². The number of rotatable bonds is 0. The number of alkyl halides is 1. The minimum absolute atomic E-state index is 0.500. The zero-order chi connectivity index (χ0) is 3.70. The molecule has 1 rings (SSSR count). The van der Waals surface area contributed by atoms with Gasteiger partial charge in [0.1, 0.15) is 0 Å². The molecule has 0 aromatic heterocycles. The fourth-order valence-corrected chi connectivity index (χ4v) is 1.16. The van der Waals surface area contributed by atoms with Crippen molar-refractivity contribution in [3.63, 3.8) is 0 Å². The maximum Gasteiger partial charge on any atom is 0.0516 e. The van der Waals surface area contributed by atoms with Crippen molar-refractivity contribution in [2.45, 2.75) is 5.38 Å². The van der Waals surface area contributed by atoms with E-state index in [0.29, 0.717) is 5.38 Å². The van der Waals surface area contributed by atoms with Gasteiger partial charge in [-0.3, -0.25) is 0 Å². The van der Waals surface area contributed by atoms with Crippen molar-refractivity contribution >= 4 is 23.4 Å². The Morgan fingerprint density at radius 1 is 1.60 bits per heavy atom. The molecule has 0 saturated carbocycles. The van der Waals surface area contributed by atoms with E-state index >= 15 is 0 Å². The molecule has 0 spiro atoms. The van der Waals surface area contributed by atoms with E-state index in [1.165, 1.54) is 11.5 Å². The molecule has 1 aliphatic heterocycles. The van der Waals surface area contributed by atoms with Gasteiger partial charge in [-0.1, -0.05) is 0 Å². The zero-order valence-corrected chi connectivity index (χ0v) is 4.35. The van der Waals surface area contributed by atoms with Crippen LogP contribution < -0.4 is 0 Å². The van der Waals surface area contributed by atoms with E-state index in [1.54, 1.807) is 0 Å². The third-order valence-electron chi connectivity index (χ3n) is 0.597. The molecule has 0 radical (unpaired) electrons. The molecule has 0 bridgehead atoms. The summed E-state index contributed by atoms with van der Waals surface area (Å²) < 4.78 is 0. The molecule has 0 nitrogen and oxygen atoms in total. The number of halogens is 1. The minimum Gasteiger partial charge on any atom is -0.159 e. The van der Waals surface area contributed by atoms with E-state index in [4.69, 9.17) is 11.6 Å². The van der Waals surface area contributed by atoms with Crippen molar-refractivity contribution in [2.75, 3.05) is 11.5 Å². The monoisotopic (exact) mass is 108 g/mol. The van der Waals surface area contributed by atoms with Crippen LogP contribution >= 0.6 is 23.4 Å². The lowest BCUT2D eigenvalue weighted by Gasteiger charge is -2.15. The highest BCUT2D eigenvalue weighted by Crippen LogP contribution is 2.21. The molecule has 0 unspecified atom stereocenters. The van der Waals surface area contributed by atoms with Crippen LogP contribution in [0.1, 0.15) is 0 Å². The summed E-state index contributed by atoms with van der Waals surface area (Å²) in [5, 5.41) is 0.500.